The molecule has 1 atom stereocenters. The molecular formula is C18H15ClN2O3. The molecule has 0 saturated carbocycles. The maximum absolute atomic E-state index is 11.9. The number of carbonyl (C=O) groups is 2. The fourth-order valence-corrected chi connectivity index (χ4v) is 2.24. The number of hydrogen-bond acceptors (Lipinski definition) is 4. The van der Waals surface area contributed by atoms with E-state index in [9.17, 15) is 9.59 Å². The number of benzene rings is 2. The van der Waals surface area contributed by atoms with Crippen LogP contribution in [0.1, 0.15) is 34.5 Å². The first-order valence-corrected chi connectivity index (χ1v) is 7.59. The molecule has 0 unspecified atom stereocenters. The number of hydrogen-bond donors (Lipinski definition) is 1. The maximum atomic E-state index is 11.9. The van der Waals surface area contributed by atoms with Gasteiger partial charge in [-0.1, -0.05) is 23.7 Å². The van der Waals surface area contributed by atoms with E-state index in [0.717, 1.165) is 5.56 Å². The Labute approximate surface area is 144 Å². The first kappa shape index (κ1) is 17.5. The van der Waals surface area contributed by atoms with Crippen LogP contribution in [0.2, 0.25) is 5.02 Å². The van der Waals surface area contributed by atoms with Gasteiger partial charge in [-0.25, -0.2) is 4.79 Å². The molecule has 0 aliphatic carbocycles. The number of nitrogens with zero attached hydrogens (tertiary/aromatic N) is 1. The quantitative estimate of drug-likeness (QED) is 0.846. The van der Waals surface area contributed by atoms with Crippen molar-refractivity contribution in [1.29, 1.82) is 5.26 Å². The molecule has 2 rings (SSSR count). The molecule has 5 nitrogen and oxygen atoms in total. The number of halogens is 1. The Bertz CT molecular complexity index is 782. The number of esters is 1. The van der Waals surface area contributed by atoms with Crippen molar-refractivity contribution in [1.82, 2.24) is 5.32 Å². The zero-order valence-electron chi connectivity index (χ0n) is 13.0. The number of nitrogens with one attached hydrogen (secondary N) is 1. The van der Waals surface area contributed by atoms with Gasteiger partial charge in [0.1, 0.15) is 0 Å². The lowest BCUT2D eigenvalue weighted by Crippen LogP contribution is -2.31. The van der Waals surface area contributed by atoms with Gasteiger partial charge in [0, 0.05) is 5.02 Å². The van der Waals surface area contributed by atoms with Crippen molar-refractivity contribution < 1.29 is 14.3 Å². The zero-order valence-corrected chi connectivity index (χ0v) is 13.7. The largest absolute Gasteiger partial charge is 0.452 e. The fourth-order valence-electron chi connectivity index (χ4n) is 2.04. The Morgan fingerprint density at radius 1 is 1.25 bits per heavy atom. The van der Waals surface area contributed by atoms with Gasteiger partial charge in [0.2, 0.25) is 0 Å². The van der Waals surface area contributed by atoms with Gasteiger partial charge >= 0.3 is 5.97 Å². The van der Waals surface area contributed by atoms with Crippen molar-refractivity contribution in [2.45, 2.75) is 13.0 Å². The van der Waals surface area contributed by atoms with Gasteiger partial charge in [-0.05, 0) is 48.9 Å². The summed E-state index contributed by atoms with van der Waals surface area (Å²) in [5.41, 5.74) is 1.58. The standard InChI is InChI=1S/C18H15ClN2O3/c1-12(15-3-2-4-16(19)9-15)21-17(22)11-24-18(23)14-7-5-13(10-20)6-8-14/h2-9,12H,11H2,1H3,(H,21,22)/t12-/m0/s1. The van der Waals surface area contributed by atoms with Crippen molar-refractivity contribution >= 4 is 23.5 Å². The summed E-state index contributed by atoms with van der Waals surface area (Å²) in [4.78, 5) is 23.7. The third kappa shape index (κ3) is 4.83. The molecule has 2 aromatic carbocycles. The highest BCUT2D eigenvalue weighted by Gasteiger charge is 2.13. The van der Waals surface area contributed by atoms with Gasteiger partial charge in [-0.2, -0.15) is 5.26 Å². The predicted octanol–water partition coefficient (Wildman–Crippen LogP) is 3.25. The van der Waals surface area contributed by atoms with Gasteiger partial charge in [-0.3, -0.25) is 4.79 Å². The second kappa shape index (κ2) is 8.14. The monoisotopic (exact) mass is 342 g/mol. The molecule has 0 aliphatic rings. The lowest BCUT2D eigenvalue weighted by Gasteiger charge is -2.14. The van der Waals surface area contributed by atoms with E-state index in [0.29, 0.717) is 10.6 Å². The van der Waals surface area contributed by atoms with E-state index in [4.69, 9.17) is 21.6 Å². The molecule has 1 amide bonds. The minimum Gasteiger partial charge on any atom is -0.452 e. The smallest absolute Gasteiger partial charge is 0.338 e. The Morgan fingerprint density at radius 3 is 2.58 bits per heavy atom. The summed E-state index contributed by atoms with van der Waals surface area (Å²) < 4.78 is 4.96. The lowest BCUT2D eigenvalue weighted by atomic mass is 10.1. The summed E-state index contributed by atoms with van der Waals surface area (Å²) in [6, 6.07) is 14.8. The minimum absolute atomic E-state index is 0.259. The molecule has 0 aliphatic heterocycles. The second-order valence-electron chi connectivity index (χ2n) is 5.11. The molecule has 0 saturated heterocycles. The van der Waals surface area contributed by atoms with Gasteiger partial charge in [0.25, 0.3) is 5.91 Å². The highest BCUT2D eigenvalue weighted by Crippen LogP contribution is 2.17. The van der Waals surface area contributed by atoms with Crippen LogP contribution in [0.25, 0.3) is 0 Å². The minimum atomic E-state index is -0.620. The highest BCUT2D eigenvalue weighted by atomic mass is 35.5. The number of ether oxygens (including phenoxy) is 1. The molecule has 0 radical (unpaired) electrons. The van der Waals surface area contributed by atoms with E-state index in [1.165, 1.54) is 24.3 Å². The Hall–Kier alpha value is -2.84. The highest BCUT2D eigenvalue weighted by molar-refractivity contribution is 6.30. The number of nitriles is 1. The average molecular weight is 343 g/mol. The molecule has 0 fully saturated rings. The van der Waals surface area contributed by atoms with Crippen LogP contribution >= 0.6 is 11.6 Å². The topological polar surface area (TPSA) is 79.2 Å². The van der Waals surface area contributed by atoms with Crippen LogP contribution in [-0.4, -0.2) is 18.5 Å². The van der Waals surface area contributed by atoms with Crippen molar-refractivity contribution in [3.05, 3.63) is 70.2 Å². The Kier molecular flexibility index (Phi) is 5.94. The Balaban J connectivity index is 1.86. The van der Waals surface area contributed by atoms with E-state index in [2.05, 4.69) is 5.32 Å². The third-order valence-electron chi connectivity index (χ3n) is 3.31. The lowest BCUT2D eigenvalue weighted by molar-refractivity contribution is -0.124. The van der Waals surface area contributed by atoms with E-state index in [1.807, 2.05) is 19.1 Å². The van der Waals surface area contributed by atoms with E-state index in [-0.39, 0.29) is 18.2 Å². The van der Waals surface area contributed by atoms with Gasteiger partial charge in [0.05, 0.1) is 23.2 Å². The molecule has 2 aromatic rings. The van der Waals surface area contributed by atoms with Crippen LogP contribution in [0.3, 0.4) is 0 Å². The molecule has 0 heterocycles. The van der Waals surface area contributed by atoms with Crippen LogP contribution in [0, 0.1) is 11.3 Å². The summed E-state index contributed by atoms with van der Waals surface area (Å²) in [5.74, 6) is -1.03. The first-order chi connectivity index (χ1) is 11.5. The molecule has 0 spiro atoms. The van der Waals surface area contributed by atoms with Gasteiger partial charge < -0.3 is 10.1 Å². The normalized spacial score (nSPS) is 11.2. The van der Waals surface area contributed by atoms with Crippen molar-refractivity contribution in [3.8, 4) is 6.07 Å². The average Bonchev–Trinajstić information content (AvgIpc) is 2.59. The summed E-state index contributed by atoms with van der Waals surface area (Å²) in [6.07, 6.45) is 0. The van der Waals surface area contributed by atoms with E-state index < -0.39 is 11.9 Å². The number of rotatable bonds is 5. The Morgan fingerprint density at radius 2 is 1.96 bits per heavy atom. The van der Waals surface area contributed by atoms with Crippen LogP contribution in [0.5, 0.6) is 0 Å². The molecule has 122 valence electrons. The maximum Gasteiger partial charge on any atom is 0.338 e. The third-order valence-corrected chi connectivity index (χ3v) is 3.55. The molecule has 0 bridgehead atoms. The van der Waals surface area contributed by atoms with E-state index >= 15 is 0 Å². The van der Waals surface area contributed by atoms with Crippen LogP contribution in [-0.2, 0) is 9.53 Å². The molecular weight excluding hydrogens is 328 g/mol. The summed E-state index contributed by atoms with van der Waals surface area (Å²) in [6.45, 7) is 1.43. The van der Waals surface area contributed by atoms with Crippen molar-refractivity contribution in [2.75, 3.05) is 6.61 Å². The van der Waals surface area contributed by atoms with Gasteiger partial charge in [0.15, 0.2) is 6.61 Å². The molecule has 6 heteroatoms. The van der Waals surface area contributed by atoms with Gasteiger partial charge in [-0.15, -0.1) is 0 Å². The SMILES string of the molecule is C[C@H](NC(=O)COC(=O)c1ccc(C#N)cc1)c1cccc(Cl)c1. The van der Waals surface area contributed by atoms with Crippen LogP contribution in [0.15, 0.2) is 48.5 Å². The second-order valence-corrected chi connectivity index (χ2v) is 5.55. The van der Waals surface area contributed by atoms with Crippen LogP contribution < -0.4 is 5.32 Å². The summed E-state index contributed by atoms with van der Waals surface area (Å²) in [7, 11) is 0. The number of carbonyl (C=O) groups excluding carboxylic acids is 2. The first-order valence-electron chi connectivity index (χ1n) is 7.21. The van der Waals surface area contributed by atoms with Crippen molar-refractivity contribution in [2.24, 2.45) is 0 Å². The van der Waals surface area contributed by atoms with E-state index in [1.54, 1.807) is 18.2 Å². The molecule has 24 heavy (non-hydrogen) atoms. The molecule has 0 aromatic heterocycles. The van der Waals surface area contributed by atoms with Crippen molar-refractivity contribution in [3.63, 3.8) is 0 Å². The summed E-state index contributed by atoms with van der Waals surface area (Å²) >= 11 is 5.92. The van der Waals surface area contributed by atoms with Crippen LogP contribution in [0.4, 0.5) is 0 Å². The predicted molar refractivity (Wildman–Crippen MR) is 89.4 cm³/mol. The zero-order chi connectivity index (χ0) is 17.5. The molecule has 1 N–H and O–H groups in total. The fraction of sp³-hybridized carbons (Fsp3) is 0.167. The summed E-state index contributed by atoms with van der Waals surface area (Å²) in [5, 5.41) is 12.0. The number of amides is 1.